The van der Waals surface area contributed by atoms with E-state index in [1.54, 1.807) is 10.8 Å². The first-order valence-corrected chi connectivity index (χ1v) is 7.69. The number of hydrogen-bond donors (Lipinski definition) is 0. The molecule has 4 rings (SSSR count). The maximum Gasteiger partial charge on any atom is 0.434 e. The molecule has 0 bridgehead atoms. The predicted octanol–water partition coefficient (Wildman–Crippen LogP) is 3.09. The van der Waals surface area contributed by atoms with Crippen LogP contribution in [0.4, 0.5) is 5.95 Å². The van der Waals surface area contributed by atoms with Gasteiger partial charge in [-0.25, -0.2) is 4.57 Å². The largest absolute Gasteiger partial charge is 0.434 e. The maximum atomic E-state index is 11.0. The Morgan fingerprint density at radius 3 is 2.67 bits per heavy atom. The van der Waals surface area contributed by atoms with Crippen molar-refractivity contribution in [3.8, 4) is 0 Å². The van der Waals surface area contributed by atoms with Crippen molar-refractivity contribution in [2.75, 3.05) is 0 Å². The average molecular weight is 319 g/mol. The lowest BCUT2D eigenvalue weighted by Gasteiger charge is -2.05. The van der Waals surface area contributed by atoms with Crippen molar-refractivity contribution in [3.05, 3.63) is 77.2 Å². The van der Waals surface area contributed by atoms with Gasteiger partial charge in [0.05, 0.1) is 5.39 Å². The quantitative estimate of drug-likeness (QED) is 0.251. The molecule has 24 heavy (non-hydrogen) atoms. The van der Waals surface area contributed by atoms with Gasteiger partial charge in [0.2, 0.25) is 5.52 Å². The third kappa shape index (κ3) is 2.38. The first-order chi connectivity index (χ1) is 11.7. The minimum absolute atomic E-state index is 0.124. The molecule has 2 heterocycles. The summed E-state index contributed by atoms with van der Waals surface area (Å²) in [6, 6.07) is 16.5. The first kappa shape index (κ1) is 14.3. The van der Waals surface area contributed by atoms with Crippen LogP contribution >= 0.6 is 0 Å². The van der Waals surface area contributed by atoms with Gasteiger partial charge in [-0.2, -0.15) is 4.57 Å². The Morgan fingerprint density at radius 1 is 1.08 bits per heavy atom. The summed E-state index contributed by atoms with van der Waals surface area (Å²) in [4.78, 5) is 14.3. The summed E-state index contributed by atoms with van der Waals surface area (Å²) in [5.74, 6) is -0.124. The zero-order valence-electron chi connectivity index (χ0n) is 12.9. The van der Waals surface area contributed by atoms with Gasteiger partial charge in [0.1, 0.15) is 18.9 Å². The van der Waals surface area contributed by atoms with E-state index < -0.39 is 4.92 Å². The first-order valence-electron chi connectivity index (χ1n) is 7.69. The van der Waals surface area contributed by atoms with Gasteiger partial charge in [0.25, 0.3) is 0 Å². The monoisotopic (exact) mass is 319 g/mol. The standard InChI is InChI=1S/C18H15N4O2/c23-22(24)18-19-9-10-20(18)11-12-21-13-14-5-1-2-6-15(14)16-7-3-4-8-17(16)21/h1-10,13H,11-12H2/q+1. The smallest absolute Gasteiger partial charge is 0.390 e. The molecule has 0 radical (unpaired) electrons. The molecule has 0 fully saturated rings. The van der Waals surface area contributed by atoms with E-state index in [0.29, 0.717) is 13.1 Å². The average Bonchev–Trinajstić information content (AvgIpc) is 3.08. The van der Waals surface area contributed by atoms with Crippen LogP contribution in [-0.4, -0.2) is 14.5 Å². The Kier molecular flexibility index (Phi) is 3.42. The topological polar surface area (TPSA) is 64.8 Å². The summed E-state index contributed by atoms with van der Waals surface area (Å²) in [6.45, 7) is 1.12. The molecule has 0 saturated heterocycles. The Hall–Kier alpha value is -3.28. The van der Waals surface area contributed by atoms with Crippen LogP contribution < -0.4 is 4.57 Å². The third-order valence-corrected chi connectivity index (χ3v) is 4.20. The molecule has 6 heteroatoms. The number of nitrogens with zero attached hydrogens (tertiary/aromatic N) is 4. The number of hydrogen-bond acceptors (Lipinski definition) is 3. The Bertz CT molecular complexity index is 1060. The zero-order chi connectivity index (χ0) is 16.5. The highest BCUT2D eigenvalue weighted by Crippen LogP contribution is 2.22. The highest BCUT2D eigenvalue weighted by molar-refractivity contribution is 6.03. The molecule has 2 aromatic carbocycles. The Balaban J connectivity index is 1.78. The molecule has 4 aromatic rings. The van der Waals surface area contributed by atoms with Crippen molar-refractivity contribution >= 4 is 27.6 Å². The van der Waals surface area contributed by atoms with Crippen LogP contribution in [0, 0.1) is 10.1 Å². The van der Waals surface area contributed by atoms with Gasteiger partial charge < -0.3 is 10.1 Å². The fourth-order valence-corrected chi connectivity index (χ4v) is 3.09. The van der Waals surface area contributed by atoms with E-state index in [9.17, 15) is 10.1 Å². The molecule has 0 spiro atoms. The predicted molar refractivity (Wildman–Crippen MR) is 90.5 cm³/mol. The molecule has 0 aliphatic heterocycles. The van der Waals surface area contributed by atoms with Gasteiger partial charge in [0, 0.05) is 16.8 Å². The van der Waals surface area contributed by atoms with E-state index >= 15 is 0 Å². The van der Waals surface area contributed by atoms with Gasteiger partial charge in [-0.3, -0.25) is 0 Å². The lowest BCUT2D eigenvalue weighted by molar-refractivity contribution is -0.671. The van der Waals surface area contributed by atoms with E-state index in [2.05, 4.69) is 40.0 Å². The number of benzene rings is 2. The van der Waals surface area contributed by atoms with Gasteiger partial charge in [-0.1, -0.05) is 35.3 Å². The molecule has 0 unspecified atom stereocenters. The van der Waals surface area contributed by atoms with Crippen molar-refractivity contribution in [2.24, 2.45) is 0 Å². The third-order valence-electron chi connectivity index (χ3n) is 4.20. The van der Waals surface area contributed by atoms with Crippen molar-refractivity contribution in [1.29, 1.82) is 0 Å². The van der Waals surface area contributed by atoms with Crippen LogP contribution in [0.2, 0.25) is 0 Å². The number of para-hydroxylation sites is 1. The molecule has 0 amide bonds. The SMILES string of the molecule is O=[N+]([O-])c1nccn1CC[n+]1cc2ccccc2c2ccccc21. The minimum atomic E-state index is -0.455. The summed E-state index contributed by atoms with van der Waals surface area (Å²) in [7, 11) is 0. The maximum absolute atomic E-state index is 11.0. The number of nitro groups is 1. The van der Waals surface area contributed by atoms with Crippen molar-refractivity contribution < 1.29 is 9.49 Å². The highest BCUT2D eigenvalue weighted by Gasteiger charge is 2.17. The van der Waals surface area contributed by atoms with Crippen LogP contribution in [0.5, 0.6) is 0 Å². The summed E-state index contributed by atoms with van der Waals surface area (Å²) >= 11 is 0. The number of aryl methyl sites for hydroxylation is 2. The van der Waals surface area contributed by atoms with E-state index in [-0.39, 0.29) is 5.95 Å². The molecule has 2 aromatic heterocycles. The molecule has 118 valence electrons. The zero-order valence-corrected chi connectivity index (χ0v) is 12.9. The summed E-state index contributed by atoms with van der Waals surface area (Å²) in [5, 5.41) is 14.5. The van der Waals surface area contributed by atoms with E-state index in [1.165, 1.54) is 17.0 Å². The van der Waals surface area contributed by atoms with Crippen molar-refractivity contribution in [1.82, 2.24) is 9.55 Å². The second-order valence-corrected chi connectivity index (χ2v) is 5.60. The number of fused-ring (bicyclic) bond motifs is 3. The summed E-state index contributed by atoms with van der Waals surface area (Å²) in [6.07, 6.45) is 5.20. The Labute approximate surface area is 137 Å². The number of imidazole rings is 1. The highest BCUT2D eigenvalue weighted by atomic mass is 16.6. The molecular formula is C18H15N4O2+. The van der Waals surface area contributed by atoms with Crippen LogP contribution in [-0.2, 0) is 13.1 Å². The molecule has 0 N–H and O–H groups in total. The number of aromatic nitrogens is 3. The van der Waals surface area contributed by atoms with Crippen molar-refractivity contribution in [3.63, 3.8) is 0 Å². The van der Waals surface area contributed by atoms with E-state index in [4.69, 9.17) is 0 Å². The summed E-state index contributed by atoms with van der Waals surface area (Å²) < 4.78 is 3.71. The fraction of sp³-hybridized carbons (Fsp3) is 0.111. The summed E-state index contributed by atoms with van der Waals surface area (Å²) in [5.41, 5.74) is 1.11. The van der Waals surface area contributed by atoms with Crippen LogP contribution in [0.25, 0.3) is 21.7 Å². The van der Waals surface area contributed by atoms with Gasteiger partial charge in [-0.05, 0) is 17.1 Å². The van der Waals surface area contributed by atoms with E-state index in [0.717, 1.165) is 10.9 Å². The second kappa shape index (κ2) is 5.73. The number of pyridine rings is 1. The lowest BCUT2D eigenvalue weighted by Crippen LogP contribution is -2.36. The lowest BCUT2D eigenvalue weighted by atomic mass is 10.1. The van der Waals surface area contributed by atoms with Gasteiger partial charge >= 0.3 is 5.95 Å². The van der Waals surface area contributed by atoms with Crippen LogP contribution in [0.15, 0.2) is 67.1 Å². The van der Waals surface area contributed by atoms with Crippen molar-refractivity contribution in [2.45, 2.75) is 13.1 Å². The van der Waals surface area contributed by atoms with Gasteiger partial charge in [0.15, 0.2) is 12.7 Å². The van der Waals surface area contributed by atoms with E-state index in [1.807, 2.05) is 24.3 Å². The molecular weight excluding hydrogens is 304 g/mol. The molecule has 0 atom stereocenters. The molecule has 0 aliphatic carbocycles. The van der Waals surface area contributed by atoms with Gasteiger partial charge in [-0.15, -0.1) is 0 Å². The Morgan fingerprint density at radius 2 is 1.83 bits per heavy atom. The van der Waals surface area contributed by atoms with Crippen LogP contribution in [0.1, 0.15) is 0 Å². The fourth-order valence-electron chi connectivity index (χ4n) is 3.09. The molecule has 0 aliphatic rings. The second-order valence-electron chi connectivity index (χ2n) is 5.60. The normalized spacial score (nSPS) is 11.2. The van der Waals surface area contributed by atoms with Crippen LogP contribution in [0.3, 0.4) is 0 Å². The molecule has 6 nitrogen and oxygen atoms in total. The minimum Gasteiger partial charge on any atom is -0.390 e. The number of rotatable bonds is 4. The molecule has 0 saturated carbocycles.